The fraction of sp³-hybridized carbons (Fsp3) is 0.900. The summed E-state index contributed by atoms with van der Waals surface area (Å²) in [5.41, 5.74) is -0.631. The van der Waals surface area contributed by atoms with Gasteiger partial charge in [0.25, 0.3) is 0 Å². The number of halogens is 2. The molecule has 0 amide bonds. The van der Waals surface area contributed by atoms with Crippen LogP contribution in [0, 0.1) is 0 Å². The number of hydrogen-bond acceptors (Lipinski definition) is 3. The summed E-state index contributed by atoms with van der Waals surface area (Å²) in [7, 11) is 0. The van der Waals surface area contributed by atoms with E-state index in [0.717, 1.165) is 0 Å². The molecule has 0 radical (unpaired) electrons. The zero-order chi connectivity index (χ0) is 11.1. The zero-order valence-electron chi connectivity index (χ0n) is 8.59. The van der Waals surface area contributed by atoms with Crippen LogP contribution < -0.4 is 0 Å². The Bertz CT molecular complexity index is 268. The molecule has 15 heavy (non-hydrogen) atoms. The molecule has 1 atom stereocenters. The Kier molecular flexibility index (Phi) is 2.45. The number of alkyl halides is 2. The number of ether oxygens (including phenoxy) is 2. The topological polar surface area (TPSA) is 38.8 Å². The first-order valence-corrected chi connectivity index (χ1v) is 5.21. The Balaban J connectivity index is 1.89. The third kappa shape index (κ3) is 1.97. The van der Waals surface area contributed by atoms with Crippen LogP contribution in [0.3, 0.4) is 0 Å². The predicted molar refractivity (Wildman–Crippen MR) is 47.7 cm³/mol. The highest BCUT2D eigenvalue weighted by Crippen LogP contribution is 2.52. The van der Waals surface area contributed by atoms with Gasteiger partial charge in [0.05, 0.1) is 6.61 Å². The second-order valence-corrected chi connectivity index (χ2v) is 4.17. The van der Waals surface area contributed by atoms with E-state index in [-0.39, 0.29) is 25.7 Å². The van der Waals surface area contributed by atoms with E-state index >= 15 is 0 Å². The fourth-order valence-corrected chi connectivity index (χ4v) is 2.10. The van der Waals surface area contributed by atoms with E-state index < -0.39 is 23.6 Å². The first kappa shape index (κ1) is 10.8. The quantitative estimate of drug-likeness (QED) is 0.527. The van der Waals surface area contributed by atoms with Gasteiger partial charge in [-0.2, -0.15) is 0 Å². The second-order valence-electron chi connectivity index (χ2n) is 4.17. The van der Waals surface area contributed by atoms with Crippen LogP contribution in [0.5, 0.6) is 0 Å². The average Bonchev–Trinajstić information content (AvgIpc) is 2.87. The Morgan fingerprint density at radius 2 is 2.00 bits per heavy atom. The van der Waals surface area contributed by atoms with Crippen molar-refractivity contribution in [1.29, 1.82) is 0 Å². The lowest BCUT2D eigenvalue weighted by Gasteiger charge is -2.26. The minimum absolute atomic E-state index is 0.192. The Labute approximate surface area is 86.7 Å². The van der Waals surface area contributed by atoms with Crippen LogP contribution in [-0.4, -0.2) is 30.2 Å². The van der Waals surface area contributed by atoms with Crippen molar-refractivity contribution in [2.75, 3.05) is 6.61 Å². The number of carbonyl (C=O) groups is 1. The lowest BCUT2D eigenvalue weighted by Crippen LogP contribution is -2.33. The summed E-state index contributed by atoms with van der Waals surface area (Å²) in [5.74, 6) is -3.00. The molecule has 1 spiro atoms. The van der Waals surface area contributed by atoms with E-state index in [1.807, 2.05) is 0 Å². The van der Waals surface area contributed by atoms with Gasteiger partial charge in [0.15, 0.2) is 6.10 Å². The van der Waals surface area contributed by atoms with Gasteiger partial charge in [0.2, 0.25) is 5.92 Å². The lowest BCUT2D eigenvalue weighted by molar-refractivity contribution is -0.144. The van der Waals surface area contributed by atoms with Crippen molar-refractivity contribution in [1.82, 2.24) is 0 Å². The molecular formula is C10H14F2O3. The van der Waals surface area contributed by atoms with Gasteiger partial charge in [-0.25, -0.2) is 13.6 Å². The standard InChI is InChI=1S/C10H14F2O3/c1-2-14-8(13)7-9(15-7)3-5-10(11,12)6-4-9/h7H,2-6H2,1H3. The summed E-state index contributed by atoms with van der Waals surface area (Å²) in [4.78, 5) is 11.3. The molecule has 0 bridgehead atoms. The predicted octanol–water partition coefficient (Wildman–Crippen LogP) is 1.90. The van der Waals surface area contributed by atoms with Crippen LogP contribution in [0.1, 0.15) is 32.6 Å². The largest absolute Gasteiger partial charge is 0.464 e. The Morgan fingerprint density at radius 1 is 1.40 bits per heavy atom. The van der Waals surface area contributed by atoms with E-state index in [2.05, 4.69) is 0 Å². The van der Waals surface area contributed by atoms with Gasteiger partial charge in [-0.1, -0.05) is 0 Å². The van der Waals surface area contributed by atoms with E-state index in [1.54, 1.807) is 6.92 Å². The van der Waals surface area contributed by atoms with Crippen molar-refractivity contribution in [2.24, 2.45) is 0 Å². The SMILES string of the molecule is CCOC(=O)C1OC12CCC(F)(F)CC2. The van der Waals surface area contributed by atoms with Crippen molar-refractivity contribution in [2.45, 2.75) is 50.2 Å². The third-order valence-electron chi connectivity index (χ3n) is 3.10. The van der Waals surface area contributed by atoms with E-state index in [9.17, 15) is 13.6 Å². The molecule has 1 heterocycles. The van der Waals surface area contributed by atoms with Gasteiger partial charge in [-0.15, -0.1) is 0 Å². The Morgan fingerprint density at radius 3 is 2.53 bits per heavy atom. The molecule has 1 aliphatic carbocycles. The summed E-state index contributed by atoms with van der Waals surface area (Å²) in [6, 6.07) is 0. The molecule has 3 nitrogen and oxygen atoms in total. The highest BCUT2D eigenvalue weighted by Gasteiger charge is 2.64. The van der Waals surface area contributed by atoms with Gasteiger partial charge in [-0.05, 0) is 19.8 Å². The first-order chi connectivity index (χ1) is 6.99. The molecule has 0 aromatic heterocycles. The van der Waals surface area contributed by atoms with E-state index in [1.165, 1.54) is 0 Å². The van der Waals surface area contributed by atoms with Gasteiger partial charge < -0.3 is 9.47 Å². The molecule has 1 unspecified atom stereocenters. The van der Waals surface area contributed by atoms with Crippen LogP contribution >= 0.6 is 0 Å². The van der Waals surface area contributed by atoms with Crippen LogP contribution in [-0.2, 0) is 14.3 Å². The molecule has 0 aromatic carbocycles. The zero-order valence-corrected chi connectivity index (χ0v) is 8.59. The summed E-state index contributed by atoms with van der Waals surface area (Å²) in [6.07, 6.45) is -0.479. The number of esters is 1. The number of rotatable bonds is 2. The highest BCUT2D eigenvalue weighted by atomic mass is 19.3. The van der Waals surface area contributed by atoms with Crippen molar-refractivity contribution >= 4 is 5.97 Å². The van der Waals surface area contributed by atoms with Gasteiger partial charge in [-0.3, -0.25) is 0 Å². The summed E-state index contributed by atoms with van der Waals surface area (Å²) < 4.78 is 35.8. The maximum atomic E-state index is 12.9. The van der Waals surface area contributed by atoms with Gasteiger partial charge in [0.1, 0.15) is 5.60 Å². The molecule has 2 rings (SSSR count). The number of hydrogen-bond donors (Lipinski definition) is 0. The molecular weight excluding hydrogens is 206 g/mol. The van der Waals surface area contributed by atoms with Crippen molar-refractivity contribution in [3.05, 3.63) is 0 Å². The van der Waals surface area contributed by atoms with Crippen LogP contribution in [0.25, 0.3) is 0 Å². The van der Waals surface area contributed by atoms with E-state index in [4.69, 9.17) is 9.47 Å². The monoisotopic (exact) mass is 220 g/mol. The van der Waals surface area contributed by atoms with Crippen LogP contribution in [0.4, 0.5) is 8.78 Å². The fourth-order valence-electron chi connectivity index (χ4n) is 2.10. The Hall–Kier alpha value is -0.710. The molecule has 0 N–H and O–H groups in total. The minimum Gasteiger partial charge on any atom is -0.464 e. The summed E-state index contributed by atoms with van der Waals surface area (Å²) in [6.45, 7) is 2.01. The molecule has 0 aromatic rings. The maximum absolute atomic E-state index is 12.9. The van der Waals surface area contributed by atoms with Gasteiger partial charge >= 0.3 is 5.97 Å². The highest BCUT2D eigenvalue weighted by molar-refractivity contribution is 5.79. The van der Waals surface area contributed by atoms with Crippen molar-refractivity contribution in [3.63, 3.8) is 0 Å². The second kappa shape index (κ2) is 3.40. The van der Waals surface area contributed by atoms with Crippen molar-refractivity contribution in [3.8, 4) is 0 Å². The lowest BCUT2D eigenvalue weighted by atomic mass is 9.84. The molecule has 1 saturated heterocycles. The van der Waals surface area contributed by atoms with Crippen LogP contribution in [0.15, 0.2) is 0 Å². The summed E-state index contributed by atoms with van der Waals surface area (Å²) in [5, 5.41) is 0. The van der Waals surface area contributed by atoms with Crippen molar-refractivity contribution < 1.29 is 23.0 Å². The smallest absolute Gasteiger partial charge is 0.338 e. The van der Waals surface area contributed by atoms with E-state index in [0.29, 0.717) is 6.61 Å². The summed E-state index contributed by atoms with van der Waals surface area (Å²) >= 11 is 0. The first-order valence-electron chi connectivity index (χ1n) is 5.21. The molecule has 1 saturated carbocycles. The molecule has 86 valence electrons. The van der Waals surface area contributed by atoms with Crippen LogP contribution in [0.2, 0.25) is 0 Å². The third-order valence-corrected chi connectivity index (χ3v) is 3.10. The molecule has 5 heteroatoms. The molecule has 2 fully saturated rings. The molecule has 1 aliphatic heterocycles. The average molecular weight is 220 g/mol. The number of epoxide rings is 1. The number of carbonyl (C=O) groups excluding carboxylic acids is 1. The van der Waals surface area contributed by atoms with Gasteiger partial charge in [0, 0.05) is 12.8 Å². The normalized spacial score (nSPS) is 31.3. The maximum Gasteiger partial charge on any atom is 0.338 e. The minimum atomic E-state index is -2.59. The molecule has 2 aliphatic rings.